The molecule has 1 saturated carbocycles. The zero-order chi connectivity index (χ0) is 15.7. The van der Waals surface area contributed by atoms with Crippen LogP contribution in [0, 0.1) is 17.8 Å². The molecule has 0 aromatic heterocycles. The van der Waals surface area contributed by atoms with Gasteiger partial charge in [0.05, 0.1) is 10.6 Å². The zero-order valence-electron chi connectivity index (χ0n) is 13.9. The normalized spacial score (nSPS) is 32.2. The van der Waals surface area contributed by atoms with Crippen molar-refractivity contribution < 1.29 is 4.79 Å². The predicted molar refractivity (Wildman–Crippen MR) is 93.5 cm³/mol. The van der Waals surface area contributed by atoms with Gasteiger partial charge >= 0.3 is 0 Å². The van der Waals surface area contributed by atoms with Crippen LogP contribution in [0.2, 0.25) is 0 Å². The van der Waals surface area contributed by atoms with Crippen LogP contribution in [0.15, 0.2) is 30.3 Å². The Morgan fingerprint density at radius 2 is 2.00 bits per heavy atom. The third-order valence-electron chi connectivity index (χ3n) is 5.38. The minimum absolute atomic E-state index is 0.0265. The van der Waals surface area contributed by atoms with Gasteiger partial charge in [-0.15, -0.1) is 11.8 Å². The van der Waals surface area contributed by atoms with Gasteiger partial charge in [0.2, 0.25) is 5.91 Å². The standard InChI is InChI=1S/C19H27NOS/c1-14(2)17-10-9-15(3)11-19(17)20(18(21)13-22-19)12-16-7-5-4-6-8-16/h4-8,14-15,17H,9-13H2,1-3H3/t15-,17+,19+/m1/s1. The van der Waals surface area contributed by atoms with Gasteiger partial charge in [-0.05, 0) is 36.2 Å². The van der Waals surface area contributed by atoms with Gasteiger partial charge in [0, 0.05) is 6.54 Å². The second-order valence-corrected chi connectivity index (χ2v) is 8.62. The van der Waals surface area contributed by atoms with Crippen LogP contribution in [0.1, 0.15) is 45.6 Å². The van der Waals surface area contributed by atoms with E-state index >= 15 is 0 Å². The summed E-state index contributed by atoms with van der Waals surface area (Å²) in [5.41, 5.74) is 1.25. The molecule has 120 valence electrons. The summed E-state index contributed by atoms with van der Waals surface area (Å²) >= 11 is 1.92. The fraction of sp³-hybridized carbons (Fsp3) is 0.632. The number of benzene rings is 1. The van der Waals surface area contributed by atoms with Crippen molar-refractivity contribution in [3.05, 3.63) is 35.9 Å². The molecule has 1 aromatic rings. The van der Waals surface area contributed by atoms with Crippen molar-refractivity contribution in [3.8, 4) is 0 Å². The van der Waals surface area contributed by atoms with Crippen LogP contribution in [-0.2, 0) is 11.3 Å². The molecule has 0 N–H and O–H groups in total. The van der Waals surface area contributed by atoms with Crippen molar-refractivity contribution in [2.45, 2.75) is 51.4 Å². The number of carbonyl (C=O) groups is 1. The highest BCUT2D eigenvalue weighted by Crippen LogP contribution is 2.54. The van der Waals surface area contributed by atoms with Gasteiger partial charge in [-0.25, -0.2) is 0 Å². The molecular formula is C19H27NOS. The maximum Gasteiger partial charge on any atom is 0.234 e. The molecule has 3 heteroatoms. The number of amides is 1. The van der Waals surface area contributed by atoms with Crippen molar-refractivity contribution in [1.82, 2.24) is 4.90 Å². The summed E-state index contributed by atoms with van der Waals surface area (Å²) in [4.78, 5) is 14.9. The van der Waals surface area contributed by atoms with E-state index in [9.17, 15) is 4.79 Å². The molecule has 22 heavy (non-hydrogen) atoms. The Hall–Kier alpha value is -0.960. The van der Waals surface area contributed by atoms with Crippen molar-refractivity contribution in [3.63, 3.8) is 0 Å². The molecule has 0 radical (unpaired) electrons. The minimum atomic E-state index is 0.0265. The number of hydrogen-bond donors (Lipinski definition) is 0. The smallest absolute Gasteiger partial charge is 0.234 e. The maximum atomic E-state index is 12.6. The van der Waals surface area contributed by atoms with Gasteiger partial charge in [0.15, 0.2) is 0 Å². The third-order valence-corrected chi connectivity index (χ3v) is 6.96. The Morgan fingerprint density at radius 1 is 1.27 bits per heavy atom. The van der Waals surface area contributed by atoms with E-state index in [1.807, 2.05) is 17.8 Å². The fourth-order valence-electron chi connectivity index (χ4n) is 4.31. The molecule has 1 spiro atoms. The van der Waals surface area contributed by atoms with Crippen LogP contribution < -0.4 is 0 Å². The summed E-state index contributed by atoms with van der Waals surface area (Å²) < 4.78 is 0. The van der Waals surface area contributed by atoms with E-state index in [0.717, 1.165) is 13.0 Å². The lowest BCUT2D eigenvalue weighted by Crippen LogP contribution is -2.53. The first kappa shape index (κ1) is 15.9. The van der Waals surface area contributed by atoms with Gasteiger partial charge in [-0.3, -0.25) is 4.79 Å². The van der Waals surface area contributed by atoms with E-state index in [1.54, 1.807) is 0 Å². The second-order valence-electron chi connectivity index (χ2n) is 7.34. The van der Waals surface area contributed by atoms with E-state index in [2.05, 4.69) is 49.9 Å². The molecule has 2 nitrogen and oxygen atoms in total. The first-order valence-electron chi connectivity index (χ1n) is 8.51. The average Bonchev–Trinajstić information content (AvgIpc) is 2.78. The summed E-state index contributed by atoms with van der Waals surface area (Å²) in [5, 5.41) is 0. The Morgan fingerprint density at radius 3 is 2.68 bits per heavy atom. The molecule has 3 rings (SSSR count). The van der Waals surface area contributed by atoms with Gasteiger partial charge in [0.25, 0.3) is 0 Å². The van der Waals surface area contributed by atoms with E-state index in [4.69, 9.17) is 0 Å². The topological polar surface area (TPSA) is 20.3 Å². The van der Waals surface area contributed by atoms with Crippen LogP contribution in [0.4, 0.5) is 0 Å². The number of thioether (sulfide) groups is 1. The van der Waals surface area contributed by atoms with E-state index < -0.39 is 0 Å². The molecule has 1 saturated heterocycles. The number of nitrogens with zero attached hydrogens (tertiary/aromatic N) is 1. The minimum Gasteiger partial charge on any atom is -0.323 e. The molecular weight excluding hydrogens is 290 g/mol. The third kappa shape index (κ3) is 2.80. The molecule has 2 aliphatic rings. The molecule has 1 aliphatic heterocycles. The largest absolute Gasteiger partial charge is 0.323 e. The van der Waals surface area contributed by atoms with Crippen molar-refractivity contribution in [2.75, 3.05) is 5.75 Å². The molecule has 1 aromatic carbocycles. The summed E-state index contributed by atoms with van der Waals surface area (Å²) in [6.07, 6.45) is 3.71. The van der Waals surface area contributed by atoms with Gasteiger partial charge < -0.3 is 4.90 Å². The van der Waals surface area contributed by atoms with Gasteiger partial charge in [-0.2, -0.15) is 0 Å². The van der Waals surface area contributed by atoms with Crippen LogP contribution >= 0.6 is 11.8 Å². The quantitative estimate of drug-likeness (QED) is 0.815. The Bertz CT molecular complexity index is 529. The Labute approximate surface area is 138 Å². The van der Waals surface area contributed by atoms with Crippen LogP contribution in [-0.4, -0.2) is 21.4 Å². The highest BCUT2D eigenvalue weighted by molar-refractivity contribution is 8.01. The Kier molecular flexibility index (Phi) is 4.54. The predicted octanol–water partition coefficient (Wildman–Crippen LogP) is 4.55. The average molecular weight is 317 g/mol. The number of rotatable bonds is 3. The lowest BCUT2D eigenvalue weighted by atomic mass is 9.72. The van der Waals surface area contributed by atoms with Crippen molar-refractivity contribution >= 4 is 17.7 Å². The van der Waals surface area contributed by atoms with Crippen LogP contribution in [0.25, 0.3) is 0 Å². The van der Waals surface area contributed by atoms with E-state index in [1.165, 1.54) is 18.4 Å². The first-order valence-corrected chi connectivity index (χ1v) is 9.50. The lowest BCUT2D eigenvalue weighted by molar-refractivity contribution is -0.134. The van der Waals surface area contributed by atoms with E-state index in [0.29, 0.717) is 29.4 Å². The maximum absolute atomic E-state index is 12.6. The molecule has 1 aliphatic carbocycles. The van der Waals surface area contributed by atoms with Crippen molar-refractivity contribution in [2.24, 2.45) is 17.8 Å². The zero-order valence-corrected chi connectivity index (χ0v) is 14.7. The SMILES string of the molecule is CC(C)[C@@H]1CC[C@@H](C)C[C@]12SCC(=O)N2Cc1ccccc1. The first-order chi connectivity index (χ1) is 10.5. The van der Waals surface area contributed by atoms with E-state index in [-0.39, 0.29) is 4.87 Å². The Balaban J connectivity index is 1.92. The fourth-order valence-corrected chi connectivity index (χ4v) is 6.17. The lowest BCUT2D eigenvalue weighted by Gasteiger charge is -2.50. The van der Waals surface area contributed by atoms with Gasteiger partial charge in [-0.1, -0.05) is 57.5 Å². The molecule has 3 atom stereocenters. The van der Waals surface area contributed by atoms with Crippen LogP contribution in [0.5, 0.6) is 0 Å². The monoisotopic (exact) mass is 317 g/mol. The molecule has 2 fully saturated rings. The highest BCUT2D eigenvalue weighted by Gasteiger charge is 2.54. The molecule has 0 unspecified atom stereocenters. The van der Waals surface area contributed by atoms with Crippen LogP contribution in [0.3, 0.4) is 0 Å². The summed E-state index contributed by atoms with van der Waals surface area (Å²) in [5.74, 6) is 2.94. The second kappa shape index (κ2) is 6.27. The summed E-state index contributed by atoms with van der Waals surface area (Å²) in [7, 11) is 0. The van der Waals surface area contributed by atoms with Crippen molar-refractivity contribution in [1.29, 1.82) is 0 Å². The molecule has 0 bridgehead atoms. The molecule has 1 amide bonds. The summed E-state index contributed by atoms with van der Waals surface area (Å²) in [6, 6.07) is 10.5. The highest BCUT2D eigenvalue weighted by atomic mass is 32.2. The number of hydrogen-bond acceptors (Lipinski definition) is 2. The number of carbonyl (C=O) groups excluding carboxylic acids is 1. The van der Waals surface area contributed by atoms with Gasteiger partial charge in [0.1, 0.15) is 0 Å². The molecule has 1 heterocycles. The summed E-state index contributed by atoms with van der Waals surface area (Å²) in [6.45, 7) is 7.77.